The number of fused-ring (bicyclic) bond motifs is 1. The summed E-state index contributed by atoms with van der Waals surface area (Å²) in [6.45, 7) is 2.29. The van der Waals surface area contributed by atoms with Gasteiger partial charge in [0.2, 0.25) is 0 Å². The first-order chi connectivity index (χ1) is 13.0. The SMILES string of the molecule is CC1Oc2ccccc2C=C1C=C1SC(=S)N(Cc2ccc(F)cc2)C1=O. The number of ether oxygens (including phenoxy) is 1. The number of nitrogens with zero attached hydrogens (tertiary/aromatic N) is 1. The lowest BCUT2D eigenvalue weighted by atomic mass is 10.0. The highest BCUT2D eigenvalue weighted by molar-refractivity contribution is 8.26. The van der Waals surface area contributed by atoms with E-state index in [0.29, 0.717) is 15.8 Å². The molecule has 27 heavy (non-hydrogen) atoms. The first kappa shape index (κ1) is 17.9. The Labute approximate surface area is 166 Å². The van der Waals surface area contributed by atoms with E-state index in [1.807, 2.05) is 43.3 Å². The molecule has 6 heteroatoms. The Morgan fingerprint density at radius 2 is 1.96 bits per heavy atom. The largest absolute Gasteiger partial charge is 0.485 e. The summed E-state index contributed by atoms with van der Waals surface area (Å²) in [4.78, 5) is 14.9. The Bertz CT molecular complexity index is 982. The first-order valence-electron chi connectivity index (χ1n) is 8.48. The summed E-state index contributed by atoms with van der Waals surface area (Å²) in [5, 5.41) is 0. The molecule has 1 atom stereocenters. The monoisotopic (exact) mass is 397 g/mol. The highest BCUT2D eigenvalue weighted by atomic mass is 32.2. The topological polar surface area (TPSA) is 29.5 Å². The second-order valence-corrected chi connectivity index (χ2v) is 8.01. The fraction of sp³-hybridized carbons (Fsp3) is 0.143. The normalized spacial score (nSPS) is 20.5. The number of halogens is 1. The number of hydrogen-bond donors (Lipinski definition) is 0. The molecule has 1 amide bonds. The summed E-state index contributed by atoms with van der Waals surface area (Å²) >= 11 is 6.66. The van der Waals surface area contributed by atoms with Gasteiger partial charge in [0, 0.05) is 5.56 Å². The van der Waals surface area contributed by atoms with Gasteiger partial charge in [-0.1, -0.05) is 54.3 Å². The van der Waals surface area contributed by atoms with Crippen molar-refractivity contribution in [3.05, 3.63) is 82.0 Å². The van der Waals surface area contributed by atoms with Crippen LogP contribution in [0.25, 0.3) is 6.08 Å². The molecule has 2 heterocycles. The van der Waals surface area contributed by atoms with Crippen LogP contribution in [0.4, 0.5) is 4.39 Å². The van der Waals surface area contributed by atoms with Gasteiger partial charge in [0.15, 0.2) is 0 Å². The zero-order valence-corrected chi connectivity index (χ0v) is 16.1. The maximum Gasteiger partial charge on any atom is 0.266 e. The van der Waals surface area contributed by atoms with Gasteiger partial charge in [-0.05, 0) is 48.4 Å². The van der Waals surface area contributed by atoms with E-state index >= 15 is 0 Å². The number of amides is 1. The Morgan fingerprint density at radius 3 is 2.74 bits per heavy atom. The molecule has 1 unspecified atom stereocenters. The van der Waals surface area contributed by atoms with Crippen LogP contribution < -0.4 is 4.74 Å². The minimum absolute atomic E-state index is 0.138. The molecule has 0 spiro atoms. The molecule has 0 aromatic heterocycles. The van der Waals surface area contributed by atoms with Crippen LogP contribution in [0.15, 0.2) is 65.1 Å². The fourth-order valence-corrected chi connectivity index (χ4v) is 4.24. The van der Waals surface area contributed by atoms with E-state index < -0.39 is 0 Å². The zero-order chi connectivity index (χ0) is 19.0. The maximum atomic E-state index is 13.1. The number of carbonyl (C=O) groups is 1. The smallest absolute Gasteiger partial charge is 0.266 e. The van der Waals surface area contributed by atoms with Gasteiger partial charge >= 0.3 is 0 Å². The summed E-state index contributed by atoms with van der Waals surface area (Å²) in [6.07, 6.45) is 3.74. The predicted octanol–water partition coefficient (Wildman–Crippen LogP) is 4.93. The fourth-order valence-electron chi connectivity index (χ4n) is 2.98. The van der Waals surface area contributed by atoms with Crippen LogP contribution in [-0.4, -0.2) is 21.2 Å². The quantitative estimate of drug-likeness (QED) is 0.542. The minimum atomic E-state index is -0.303. The molecule has 0 radical (unpaired) electrons. The molecule has 2 aliphatic rings. The lowest BCUT2D eigenvalue weighted by Crippen LogP contribution is -2.27. The molecule has 4 rings (SSSR count). The van der Waals surface area contributed by atoms with Crippen molar-refractivity contribution in [1.82, 2.24) is 4.90 Å². The summed E-state index contributed by atoms with van der Waals surface area (Å²) in [5.41, 5.74) is 2.75. The first-order valence-corrected chi connectivity index (χ1v) is 9.71. The number of thiocarbonyl (C=S) groups is 1. The third kappa shape index (κ3) is 3.68. The van der Waals surface area contributed by atoms with Crippen molar-refractivity contribution in [2.75, 3.05) is 0 Å². The van der Waals surface area contributed by atoms with E-state index in [1.165, 1.54) is 23.9 Å². The Kier molecular flexibility index (Phi) is 4.85. The third-order valence-corrected chi connectivity index (χ3v) is 5.82. The molecule has 0 bridgehead atoms. The molecular formula is C21H16FNO2S2. The van der Waals surface area contributed by atoms with E-state index in [4.69, 9.17) is 17.0 Å². The summed E-state index contributed by atoms with van der Waals surface area (Å²) in [5.74, 6) is 0.398. The highest BCUT2D eigenvalue weighted by Gasteiger charge is 2.33. The number of carbonyl (C=O) groups excluding carboxylic acids is 1. The van der Waals surface area contributed by atoms with Crippen molar-refractivity contribution in [3.63, 3.8) is 0 Å². The van der Waals surface area contributed by atoms with Gasteiger partial charge in [-0.3, -0.25) is 9.69 Å². The second kappa shape index (κ2) is 7.29. The molecule has 3 nitrogen and oxygen atoms in total. The molecule has 136 valence electrons. The summed E-state index contributed by atoms with van der Waals surface area (Å²) in [7, 11) is 0. The van der Waals surface area contributed by atoms with Crippen LogP contribution in [0, 0.1) is 5.82 Å². The van der Waals surface area contributed by atoms with Crippen LogP contribution in [0.3, 0.4) is 0 Å². The summed E-state index contributed by atoms with van der Waals surface area (Å²) in [6, 6.07) is 13.9. The van der Waals surface area contributed by atoms with Gasteiger partial charge < -0.3 is 4.74 Å². The van der Waals surface area contributed by atoms with Gasteiger partial charge in [-0.2, -0.15) is 0 Å². The van der Waals surface area contributed by atoms with Crippen LogP contribution in [0.5, 0.6) is 5.75 Å². The standard InChI is InChI=1S/C21H16FNO2S2/c1-13-16(10-15-4-2-3-5-18(15)25-13)11-19-20(24)23(21(26)27-19)12-14-6-8-17(22)9-7-14/h2-11,13H,12H2,1H3. The maximum absolute atomic E-state index is 13.1. The van der Waals surface area contributed by atoms with E-state index in [1.54, 1.807) is 17.0 Å². The minimum Gasteiger partial charge on any atom is -0.485 e. The van der Waals surface area contributed by atoms with Crippen molar-refractivity contribution in [1.29, 1.82) is 0 Å². The second-order valence-electron chi connectivity index (χ2n) is 6.34. The van der Waals surface area contributed by atoms with Crippen molar-refractivity contribution in [2.24, 2.45) is 0 Å². The van der Waals surface area contributed by atoms with E-state index in [0.717, 1.165) is 22.4 Å². The van der Waals surface area contributed by atoms with Gasteiger partial charge in [-0.15, -0.1) is 0 Å². The van der Waals surface area contributed by atoms with Crippen molar-refractivity contribution >= 4 is 40.3 Å². The molecule has 0 saturated carbocycles. The van der Waals surface area contributed by atoms with Crippen LogP contribution >= 0.6 is 24.0 Å². The molecule has 1 fully saturated rings. The molecule has 0 aliphatic carbocycles. The Hall–Kier alpha value is -2.44. The molecule has 1 saturated heterocycles. The van der Waals surface area contributed by atoms with E-state index in [2.05, 4.69) is 0 Å². The summed E-state index contributed by atoms with van der Waals surface area (Å²) < 4.78 is 19.5. The number of benzene rings is 2. The molecule has 2 aliphatic heterocycles. The highest BCUT2D eigenvalue weighted by Crippen LogP contribution is 2.36. The molecule has 0 N–H and O–H groups in total. The zero-order valence-electron chi connectivity index (χ0n) is 14.5. The molecule has 2 aromatic carbocycles. The third-order valence-electron chi connectivity index (χ3n) is 4.44. The Morgan fingerprint density at radius 1 is 1.22 bits per heavy atom. The van der Waals surface area contributed by atoms with Crippen LogP contribution in [0.1, 0.15) is 18.1 Å². The molecular weight excluding hydrogens is 381 g/mol. The van der Waals surface area contributed by atoms with Crippen molar-refractivity contribution < 1.29 is 13.9 Å². The van der Waals surface area contributed by atoms with E-state index in [9.17, 15) is 9.18 Å². The van der Waals surface area contributed by atoms with Crippen molar-refractivity contribution in [2.45, 2.75) is 19.6 Å². The van der Waals surface area contributed by atoms with Gasteiger partial charge in [0.25, 0.3) is 5.91 Å². The van der Waals surface area contributed by atoms with Crippen LogP contribution in [-0.2, 0) is 11.3 Å². The predicted molar refractivity (Wildman–Crippen MR) is 110 cm³/mol. The van der Waals surface area contributed by atoms with E-state index in [-0.39, 0.29) is 17.8 Å². The van der Waals surface area contributed by atoms with Crippen LogP contribution in [0.2, 0.25) is 0 Å². The van der Waals surface area contributed by atoms with Gasteiger partial charge in [0.05, 0.1) is 11.4 Å². The van der Waals surface area contributed by atoms with Gasteiger partial charge in [-0.25, -0.2) is 4.39 Å². The number of rotatable bonds is 3. The molecule has 2 aromatic rings. The van der Waals surface area contributed by atoms with Gasteiger partial charge in [0.1, 0.15) is 22.0 Å². The van der Waals surface area contributed by atoms with Crippen molar-refractivity contribution in [3.8, 4) is 5.75 Å². The number of para-hydroxylation sites is 1. The average Bonchev–Trinajstić information content (AvgIpc) is 2.91. The Balaban J connectivity index is 1.58. The average molecular weight is 397 g/mol. The number of hydrogen-bond acceptors (Lipinski definition) is 4. The number of thioether (sulfide) groups is 1. The lowest BCUT2D eigenvalue weighted by Gasteiger charge is -2.23. The lowest BCUT2D eigenvalue weighted by molar-refractivity contribution is -0.122.